The Morgan fingerprint density at radius 3 is 3.07 bits per heavy atom. The fourth-order valence-electron chi connectivity index (χ4n) is 1.47. The molecule has 0 aromatic carbocycles. The number of Topliss-reactive ketones (excluding diaryl/α,β-unsaturated/α-hetero) is 1. The summed E-state index contributed by atoms with van der Waals surface area (Å²) in [7, 11) is 0. The first kappa shape index (κ1) is 10.3. The molecule has 0 aliphatic carbocycles. The van der Waals surface area contributed by atoms with Crippen molar-refractivity contribution >= 4 is 5.78 Å². The summed E-state index contributed by atoms with van der Waals surface area (Å²) in [6.45, 7) is 1.44. The lowest BCUT2D eigenvalue weighted by Gasteiger charge is -2.21. The van der Waals surface area contributed by atoms with E-state index < -0.39 is 6.10 Å². The van der Waals surface area contributed by atoms with Crippen molar-refractivity contribution in [3.05, 3.63) is 30.1 Å². The minimum absolute atomic E-state index is 0.0356. The lowest BCUT2D eigenvalue weighted by atomic mass is 10.1. The Balaban J connectivity index is 1.91. The van der Waals surface area contributed by atoms with E-state index in [1.165, 1.54) is 0 Å². The molecule has 1 aliphatic rings. The van der Waals surface area contributed by atoms with Gasteiger partial charge >= 0.3 is 0 Å². The molecule has 0 bridgehead atoms. The molecule has 0 N–H and O–H groups in total. The van der Waals surface area contributed by atoms with Crippen molar-refractivity contribution in [1.29, 1.82) is 0 Å². The highest BCUT2D eigenvalue weighted by Crippen LogP contribution is 2.05. The molecule has 1 unspecified atom stereocenters. The molecule has 15 heavy (non-hydrogen) atoms. The predicted molar refractivity (Wildman–Crippen MR) is 53.5 cm³/mol. The summed E-state index contributed by atoms with van der Waals surface area (Å²) >= 11 is 0. The maximum absolute atomic E-state index is 11.7. The van der Waals surface area contributed by atoms with Gasteiger partial charge in [-0.2, -0.15) is 0 Å². The van der Waals surface area contributed by atoms with Crippen LogP contribution < -0.4 is 0 Å². The minimum atomic E-state index is -0.416. The molecule has 1 saturated heterocycles. The van der Waals surface area contributed by atoms with Crippen LogP contribution in [-0.2, 0) is 20.7 Å². The van der Waals surface area contributed by atoms with Crippen LogP contribution in [0.25, 0.3) is 0 Å². The third-order valence-electron chi connectivity index (χ3n) is 2.26. The van der Waals surface area contributed by atoms with Gasteiger partial charge in [0.2, 0.25) is 0 Å². The van der Waals surface area contributed by atoms with Gasteiger partial charge in [-0.25, -0.2) is 0 Å². The molecule has 80 valence electrons. The molecule has 0 spiro atoms. The van der Waals surface area contributed by atoms with Crippen LogP contribution in [0.5, 0.6) is 0 Å². The average Bonchev–Trinajstić information content (AvgIpc) is 2.31. The number of pyridine rings is 1. The maximum atomic E-state index is 11.7. The van der Waals surface area contributed by atoms with Gasteiger partial charge in [0.05, 0.1) is 26.2 Å². The monoisotopic (exact) mass is 207 g/mol. The summed E-state index contributed by atoms with van der Waals surface area (Å²) in [5.74, 6) is 0.0356. The van der Waals surface area contributed by atoms with Crippen molar-refractivity contribution in [3.8, 4) is 0 Å². The zero-order chi connectivity index (χ0) is 10.5. The SMILES string of the molecule is O=C(Cc1ccccn1)C1COCCO1. The molecule has 0 amide bonds. The quantitative estimate of drug-likeness (QED) is 0.728. The number of ether oxygens (including phenoxy) is 2. The third-order valence-corrected chi connectivity index (χ3v) is 2.26. The largest absolute Gasteiger partial charge is 0.376 e. The number of ketones is 1. The Hall–Kier alpha value is -1.26. The molecule has 1 aromatic rings. The maximum Gasteiger partial charge on any atom is 0.169 e. The standard InChI is InChI=1S/C11H13NO3/c13-10(11-8-14-5-6-15-11)7-9-3-1-2-4-12-9/h1-4,11H,5-8H2. The van der Waals surface area contributed by atoms with Crippen molar-refractivity contribution in [3.63, 3.8) is 0 Å². The van der Waals surface area contributed by atoms with Gasteiger partial charge in [0.15, 0.2) is 5.78 Å². The van der Waals surface area contributed by atoms with Gasteiger partial charge in [-0.15, -0.1) is 0 Å². The highest BCUT2D eigenvalue weighted by molar-refractivity contribution is 5.85. The second-order valence-electron chi connectivity index (χ2n) is 3.40. The number of hydrogen-bond donors (Lipinski definition) is 0. The number of carbonyl (C=O) groups excluding carboxylic acids is 1. The van der Waals surface area contributed by atoms with Crippen molar-refractivity contribution < 1.29 is 14.3 Å². The molecule has 4 nitrogen and oxygen atoms in total. The van der Waals surface area contributed by atoms with Crippen LogP contribution in [0, 0.1) is 0 Å². The van der Waals surface area contributed by atoms with E-state index in [0.29, 0.717) is 26.2 Å². The van der Waals surface area contributed by atoms with E-state index in [2.05, 4.69) is 4.98 Å². The lowest BCUT2D eigenvalue weighted by Crippen LogP contribution is -2.36. The third kappa shape index (κ3) is 2.84. The number of rotatable bonds is 3. The summed E-state index contributed by atoms with van der Waals surface area (Å²) in [6.07, 6.45) is 1.58. The van der Waals surface area contributed by atoms with Gasteiger partial charge in [0.1, 0.15) is 6.10 Å². The Labute approximate surface area is 88.2 Å². The van der Waals surface area contributed by atoms with E-state index in [1.54, 1.807) is 6.20 Å². The molecule has 1 aliphatic heterocycles. The zero-order valence-corrected chi connectivity index (χ0v) is 8.39. The Morgan fingerprint density at radius 2 is 2.40 bits per heavy atom. The van der Waals surface area contributed by atoms with Gasteiger partial charge in [0, 0.05) is 11.9 Å². The van der Waals surface area contributed by atoms with Crippen molar-refractivity contribution in [2.24, 2.45) is 0 Å². The van der Waals surface area contributed by atoms with Crippen LogP contribution in [0.2, 0.25) is 0 Å². The minimum Gasteiger partial charge on any atom is -0.376 e. The van der Waals surface area contributed by atoms with E-state index in [9.17, 15) is 4.79 Å². The van der Waals surface area contributed by atoms with Crippen molar-refractivity contribution in [1.82, 2.24) is 4.98 Å². The molecule has 2 rings (SSSR count). The summed E-state index contributed by atoms with van der Waals surface area (Å²) in [6, 6.07) is 5.53. The summed E-state index contributed by atoms with van der Waals surface area (Å²) in [5, 5.41) is 0. The van der Waals surface area contributed by atoms with Gasteiger partial charge < -0.3 is 9.47 Å². The first-order valence-electron chi connectivity index (χ1n) is 4.98. The van der Waals surface area contributed by atoms with Crippen LogP contribution in [0.4, 0.5) is 0 Å². The van der Waals surface area contributed by atoms with Crippen molar-refractivity contribution in [2.45, 2.75) is 12.5 Å². The number of carbonyl (C=O) groups is 1. The lowest BCUT2D eigenvalue weighted by molar-refractivity contribution is -0.144. The van der Waals surface area contributed by atoms with Crippen molar-refractivity contribution in [2.75, 3.05) is 19.8 Å². The van der Waals surface area contributed by atoms with E-state index in [4.69, 9.17) is 9.47 Å². The molecule has 0 saturated carbocycles. The van der Waals surface area contributed by atoms with E-state index in [-0.39, 0.29) is 5.78 Å². The summed E-state index contributed by atoms with van der Waals surface area (Å²) in [4.78, 5) is 15.8. The highest BCUT2D eigenvalue weighted by atomic mass is 16.6. The average molecular weight is 207 g/mol. The normalized spacial score (nSPS) is 21.2. The Bertz CT molecular complexity index is 320. The molecule has 0 radical (unpaired) electrons. The first-order valence-corrected chi connectivity index (χ1v) is 4.98. The summed E-state index contributed by atoms with van der Waals surface area (Å²) < 4.78 is 10.5. The van der Waals surface area contributed by atoms with Crippen LogP contribution in [0.1, 0.15) is 5.69 Å². The Kier molecular flexibility index (Phi) is 3.42. The second-order valence-corrected chi connectivity index (χ2v) is 3.40. The second kappa shape index (κ2) is 5.00. The zero-order valence-electron chi connectivity index (χ0n) is 8.39. The topological polar surface area (TPSA) is 48.4 Å². The summed E-state index contributed by atoms with van der Waals surface area (Å²) in [5.41, 5.74) is 0.775. The molecule has 4 heteroatoms. The van der Waals surface area contributed by atoms with Crippen LogP contribution in [0.15, 0.2) is 24.4 Å². The van der Waals surface area contributed by atoms with Crippen LogP contribution >= 0.6 is 0 Å². The smallest absolute Gasteiger partial charge is 0.169 e. The molecular weight excluding hydrogens is 194 g/mol. The molecule has 1 fully saturated rings. The Morgan fingerprint density at radius 1 is 1.47 bits per heavy atom. The van der Waals surface area contributed by atoms with Gasteiger partial charge in [-0.05, 0) is 12.1 Å². The predicted octanol–water partition coefficient (Wildman–Crippen LogP) is 0.609. The van der Waals surface area contributed by atoms with Gasteiger partial charge in [-0.1, -0.05) is 6.07 Å². The number of hydrogen-bond acceptors (Lipinski definition) is 4. The van der Waals surface area contributed by atoms with E-state index in [0.717, 1.165) is 5.69 Å². The highest BCUT2D eigenvalue weighted by Gasteiger charge is 2.22. The molecule has 2 heterocycles. The van der Waals surface area contributed by atoms with Gasteiger partial charge in [0.25, 0.3) is 0 Å². The van der Waals surface area contributed by atoms with Gasteiger partial charge in [-0.3, -0.25) is 9.78 Å². The molecule has 1 atom stereocenters. The fourth-order valence-corrected chi connectivity index (χ4v) is 1.47. The fraction of sp³-hybridized carbons (Fsp3) is 0.455. The van der Waals surface area contributed by atoms with Crippen LogP contribution in [0.3, 0.4) is 0 Å². The number of nitrogens with zero attached hydrogens (tertiary/aromatic N) is 1. The molecule has 1 aromatic heterocycles. The first-order chi connectivity index (χ1) is 7.36. The van der Waals surface area contributed by atoms with E-state index >= 15 is 0 Å². The molecular formula is C11H13NO3. The van der Waals surface area contributed by atoms with E-state index in [1.807, 2.05) is 18.2 Å². The number of aromatic nitrogens is 1. The van der Waals surface area contributed by atoms with Crippen LogP contribution in [-0.4, -0.2) is 36.7 Å².